The average Bonchev–Trinajstić information content (AvgIpc) is 3.25. The van der Waals surface area contributed by atoms with Crippen LogP contribution >= 0.6 is 11.6 Å². The van der Waals surface area contributed by atoms with Gasteiger partial charge in [-0.25, -0.2) is 0 Å². The van der Waals surface area contributed by atoms with E-state index in [9.17, 15) is 0 Å². The maximum Gasteiger partial charge on any atom is 0.247 e. The van der Waals surface area contributed by atoms with Crippen molar-refractivity contribution in [1.82, 2.24) is 20.0 Å². The van der Waals surface area contributed by atoms with Crippen molar-refractivity contribution >= 4 is 11.6 Å². The summed E-state index contributed by atoms with van der Waals surface area (Å²) in [5.41, 5.74) is 0.920. The molecule has 0 radical (unpaired) electrons. The highest BCUT2D eigenvalue weighted by Crippen LogP contribution is 2.31. The van der Waals surface area contributed by atoms with Crippen molar-refractivity contribution in [3.05, 3.63) is 35.2 Å². The smallest absolute Gasteiger partial charge is 0.247 e. The highest BCUT2D eigenvalue weighted by molar-refractivity contribution is 6.30. The Bertz CT molecular complexity index is 679. The van der Waals surface area contributed by atoms with Crippen molar-refractivity contribution in [2.75, 3.05) is 33.2 Å². The van der Waals surface area contributed by atoms with E-state index in [-0.39, 0.29) is 0 Å². The maximum atomic E-state index is 5.95. The molecule has 128 valence electrons. The molecule has 5 nitrogen and oxygen atoms in total. The van der Waals surface area contributed by atoms with Crippen LogP contribution in [0.3, 0.4) is 0 Å². The minimum Gasteiger partial charge on any atom is -0.420 e. The summed E-state index contributed by atoms with van der Waals surface area (Å²) in [5, 5.41) is 9.24. The van der Waals surface area contributed by atoms with Gasteiger partial charge in [-0.2, -0.15) is 0 Å². The third-order valence-electron chi connectivity index (χ3n) is 5.31. The van der Waals surface area contributed by atoms with Gasteiger partial charge < -0.3 is 9.32 Å². The first-order chi connectivity index (χ1) is 11.7. The van der Waals surface area contributed by atoms with Crippen LogP contribution in [-0.4, -0.2) is 59.3 Å². The highest BCUT2D eigenvalue weighted by atomic mass is 35.5. The van der Waals surface area contributed by atoms with Gasteiger partial charge in [0.1, 0.15) is 0 Å². The molecule has 6 heteroatoms. The van der Waals surface area contributed by atoms with Gasteiger partial charge in [-0.05, 0) is 70.2 Å². The molecular formula is C18H23ClN4O. The summed E-state index contributed by atoms with van der Waals surface area (Å²) < 4.78 is 5.95. The second kappa shape index (κ2) is 6.82. The largest absolute Gasteiger partial charge is 0.420 e. The molecule has 0 aliphatic carbocycles. The number of likely N-dealkylation sites (tertiary alicyclic amines) is 2. The number of aromatic nitrogens is 2. The molecular weight excluding hydrogens is 324 g/mol. The van der Waals surface area contributed by atoms with Crippen LogP contribution < -0.4 is 0 Å². The van der Waals surface area contributed by atoms with Gasteiger partial charge in [-0.15, -0.1) is 10.2 Å². The standard InChI is InChI=1S/C18H23ClN4O/c1-22-9-7-16(8-10-22)23-11-6-14(12-23)18-21-20-17(24-18)13-2-4-15(19)5-3-13/h2-5,14,16H,6-12H2,1H3/t14-/m0/s1. The molecule has 2 aliphatic rings. The van der Waals surface area contributed by atoms with Crippen LogP contribution in [-0.2, 0) is 0 Å². The third-order valence-corrected chi connectivity index (χ3v) is 5.56. The highest BCUT2D eigenvalue weighted by Gasteiger charge is 2.33. The number of hydrogen-bond donors (Lipinski definition) is 0. The first-order valence-electron chi connectivity index (χ1n) is 8.71. The van der Waals surface area contributed by atoms with E-state index in [1.165, 1.54) is 25.9 Å². The van der Waals surface area contributed by atoms with E-state index >= 15 is 0 Å². The predicted octanol–water partition coefficient (Wildman–Crippen LogP) is 3.27. The second-order valence-electron chi connectivity index (χ2n) is 6.97. The minimum atomic E-state index is 0.359. The fourth-order valence-corrected chi connectivity index (χ4v) is 3.92. The normalized spacial score (nSPS) is 23.8. The fourth-order valence-electron chi connectivity index (χ4n) is 3.79. The SMILES string of the molecule is CN1CCC(N2CC[C@H](c3nnc(-c4ccc(Cl)cc4)o3)C2)CC1. The molecule has 0 spiro atoms. The summed E-state index contributed by atoms with van der Waals surface area (Å²) in [4.78, 5) is 5.03. The van der Waals surface area contributed by atoms with Crippen molar-refractivity contribution in [1.29, 1.82) is 0 Å². The third kappa shape index (κ3) is 3.34. The Morgan fingerprint density at radius 3 is 2.54 bits per heavy atom. The van der Waals surface area contributed by atoms with Gasteiger partial charge in [0.2, 0.25) is 11.8 Å². The molecule has 0 N–H and O–H groups in total. The molecule has 2 saturated heterocycles. The molecule has 2 fully saturated rings. The fraction of sp³-hybridized carbons (Fsp3) is 0.556. The molecule has 0 bridgehead atoms. The van der Waals surface area contributed by atoms with Crippen LogP contribution in [0.25, 0.3) is 11.5 Å². The summed E-state index contributed by atoms with van der Waals surface area (Å²) in [7, 11) is 2.21. The number of rotatable bonds is 3. The van der Waals surface area contributed by atoms with E-state index in [0.29, 0.717) is 22.9 Å². The zero-order valence-corrected chi connectivity index (χ0v) is 14.7. The molecule has 0 amide bonds. The van der Waals surface area contributed by atoms with Gasteiger partial charge in [0.25, 0.3) is 0 Å². The first-order valence-corrected chi connectivity index (χ1v) is 9.09. The number of hydrogen-bond acceptors (Lipinski definition) is 5. The number of halogens is 1. The van der Waals surface area contributed by atoms with Crippen LogP contribution in [0.15, 0.2) is 28.7 Å². The van der Waals surface area contributed by atoms with E-state index in [2.05, 4.69) is 27.0 Å². The molecule has 1 aromatic heterocycles. The van der Waals surface area contributed by atoms with Crippen LogP contribution in [0.2, 0.25) is 5.02 Å². The van der Waals surface area contributed by atoms with Crippen molar-refractivity contribution in [2.24, 2.45) is 0 Å². The Morgan fingerprint density at radius 2 is 1.79 bits per heavy atom. The quantitative estimate of drug-likeness (QED) is 0.853. The average molecular weight is 347 g/mol. The second-order valence-corrected chi connectivity index (χ2v) is 7.40. The van der Waals surface area contributed by atoms with Crippen molar-refractivity contribution < 1.29 is 4.42 Å². The minimum absolute atomic E-state index is 0.359. The van der Waals surface area contributed by atoms with Crippen LogP contribution in [0.1, 0.15) is 31.1 Å². The van der Waals surface area contributed by atoms with Crippen LogP contribution in [0.4, 0.5) is 0 Å². The van der Waals surface area contributed by atoms with E-state index in [4.69, 9.17) is 16.0 Å². The van der Waals surface area contributed by atoms with Crippen molar-refractivity contribution in [3.63, 3.8) is 0 Å². The van der Waals surface area contributed by atoms with E-state index in [1.54, 1.807) is 0 Å². The Kier molecular flexibility index (Phi) is 4.57. The van der Waals surface area contributed by atoms with Crippen LogP contribution in [0, 0.1) is 0 Å². The summed E-state index contributed by atoms with van der Waals surface area (Å²) in [6.45, 7) is 4.58. The summed E-state index contributed by atoms with van der Waals surface area (Å²) >= 11 is 5.93. The molecule has 1 aromatic carbocycles. The zero-order chi connectivity index (χ0) is 16.5. The lowest BCUT2D eigenvalue weighted by molar-refractivity contribution is 0.141. The Balaban J connectivity index is 1.41. The van der Waals surface area contributed by atoms with Crippen molar-refractivity contribution in [2.45, 2.75) is 31.2 Å². The van der Waals surface area contributed by atoms with Gasteiger partial charge in [0.15, 0.2) is 0 Å². The van der Waals surface area contributed by atoms with Gasteiger partial charge in [-0.1, -0.05) is 11.6 Å². The van der Waals surface area contributed by atoms with E-state index in [1.807, 2.05) is 24.3 Å². The van der Waals surface area contributed by atoms with E-state index < -0.39 is 0 Å². The van der Waals surface area contributed by atoms with Gasteiger partial charge in [-0.3, -0.25) is 4.90 Å². The molecule has 0 saturated carbocycles. The maximum absolute atomic E-state index is 5.95. The first kappa shape index (κ1) is 16.1. The Labute approximate surface area is 147 Å². The predicted molar refractivity (Wildman–Crippen MR) is 94.2 cm³/mol. The molecule has 24 heavy (non-hydrogen) atoms. The molecule has 0 unspecified atom stereocenters. The zero-order valence-electron chi connectivity index (χ0n) is 14.0. The van der Waals surface area contributed by atoms with Gasteiger partial charge >= 0.3 is 0 Å². The molecule has 3 heterocycles. The van der Waals surface area contributed by atoms with Gasteiger partial charge in [0, 0.05) is 23.2 Å². The summed E-state index contributed by atoms with van der Waals surface area (Å²) in [6.07, 6.45) is 3.64. The van der Waals surface area contributed by atoms with E-state index in [0.717, 1.165) is 31.0 Å². The summed E-state index contributed by atoms with van der Waals surface area (Å²) in [5.74, 6) is 1.72. The molecule has 2 aromatic rings. The summed E-state index contributed by atoms with van der Waals surface area (Å²) in [6, 6.07) is 8.24. The van der Waals surface area contributed by atoms with Gasteiger partial charge in [0.05, 0.1) is 5.92 Å². The van der Waals surface area contributed by atoms with Crippen molar-refractivity contribution in [3.8, 4) is 11.5 Å². The lowest BCUT2D eigenvalue weighted by Gasteiger charge is -2.35. The topological polar surface area (TPSA) is 45.4 Å². The Hall–Kier alpha value is -1.43. The Morgan fingerprint density at radius 1 is 1.04 bits per heavy atom. The molecule has 1 atom stereocenters. The van der Waals surface area contributed by atoms with Crippen LogP contribution in [0.5, 0.6) is 0 Å². The number of benzene rings is 1. The number of nitrogens with zero attached hydrogens (tertiary/aromatic N) is 4. The lowest BCUT2D eigenvalue weighted by atomic mass is 10.0. The monoisotopic (exact) mass is 346 g/mol. The lowest BCUT2D eigenvalue weighted by Crippen LogP contribution is -2.42. The number of piperidine rings is 1. The molecule has 4 rings (SSSR count). The molecule has 2 aliphatic heterocycles.